The van der Waals surface area contributed by atoms with Crippen LogP contribution in [0, 0.1) is 5.82 Å². The molecule has 2 unspecified atom stereocenters. The predicted molar refractivity (Wildman–Crippen MR) is 77.5 cm³/mol. The van der Waals surface area contributed by atoms with Crippen LogP contribution in [0.2, 0.25) is 0 Å². The molecule has 5 nitrogen and oxygen atoms in total. The van der Waals surface area contributed by atoms with Gasteiger partial charge < -0.3 is 15.2 Å². The van der Waals surface area contributed by atoms with E-state index in [1.54, 1.807) is 6.07 Å². The molecule has 2 N–H and O–H groups in total. The normalized spacial score (nSPS) is 24.1. The molecule has 1 aliphatic heterocycles. The summed E-state index contributed by atoms with van der Waals surface area (Å²) in [6, 6.07) is 4.25. The summed E-state index contributed by atoms with van der Waals surface area (Å²) in [5.74, 6) is -0.757. The molecule has 1 aromatic rings. The quantitative estimate of drug-likeness (QED) is 0.761. The zero-order chi connectivity index (χ0) is 15.5. The van der Waals surface area contributed by atoms with Gasteiger partial charge >= 0.3 is 0 Å². The molecule has 21 heavy (non-hydrogen) atoms. The minimum Gasteiger partial charge on any atom is -0.487 e. The molecule has 0 radical (unpaired) electrons. The zero-order valence-corrected chi connectivity index (χ0v) is 12.7. The smallest absolute Gasteiger partial charge is 0.156 e. The fourth-order valence-corrected chi connectivity index (χ4v) is 3.95. The molecule has 0 aliphatic carbocycles. The van der Waals surface area contributed by atoms with E-state index in [1.165, 1.54) is 12.1 Å². The fraction of sp³-hybridized carbons (Fsp3) is 0.571. The molecule has 1 saturated heterocycles. The van der Waals surface area contributed by atoms with Gasteiger partial charge in [-0.2, -0.15) is 0 Å². The molecule has 0 aromatic heterocycles. The van der Waals surface area contributed by atoms with Crippen LogP contribution < -0.4 is 10.1 Å². The van der Waals surface area contributed by atoms with Gasteiger partial charge in [-0.25, -0.2) is 12.8 Å². The van der Waals surface area contributed by atoms with Crippen LogP contribution in [0.4, 0.5) is 4.39 Å². The van der Waals surface area contributed by atoms with Gasteiger partial charge in [0.15, 0.2) is 9.84 Å². The first-order valence-corrected chi connectivity index (χ1v) is 8.77. The molecule has 2 atom stereocenters. The number of aliphatic hydroxyl groups is 1. The summed E-state index contributed by atoms with van der Waals surface area (Å²) in [5, 5.41) is 12.8. The molecule has 1 aromatic carbocycles. The van der Waals surface area contributed by atoms with Crippen LogP contribution in [0.5, 0.6) is 5.75 Å². The van der Waals surface area contributed by atoms with Crippen molar-refractivity contribution in [1.82, 2.24) is 5.32 Å². The van der Waals surface area contributed by atoms with Gasteiger partial charge in [0.2, 0.25) is 0 Å². The maximum atomic E-state index is 13.6. The van der Waals surface area contributed by atoms with Crippen LogP contribution >= 0.6 is 0 Å². The molecule has 2 rings (SSSR count). The minimum atomic E-state index is -3.28. The van der Waals surface area contributed by atoms with Crippen molar-refractivity contribution in [3.63, 3.8) is 0 Å². The van der Waals surface area contributed by atoms with E-state index in [0.29, 0.717) is 12.1 Å². The van der Waals surface area contributed by atoms with E-state index in [9.17, 15) is 17.9 Å². The summed E-state index contributed by atoms with van der Waals surface area (Å²) in [6.07, 6.45) is -0.932. The van der Waals surface area contributed by atoms with Gasteiger partial charge in [0.25, 0.3) is 0 Å². The number of nitrogens with one attached hydrogen (secondary N) is 1. The first kappa shape index (κ1) is 16.2. The lowest BCUT2D eigenvalue weighted by Gasteiger charge is -2.16. The number of ether oxygens (including phenoxy) is 1. The Morgan fingerprint density at radius 2 is 2.14 bits per heavy atom. The van der Waals surface area contributed by atoms with Crippen molar-refractivity contribution in [1.29, 1.82) is 0 Å². The molecule has 0 bridgehead atoms. The highest BCUT2D eigenvalue weighted by atomic mass is 32.2. The Morgan fingerprint density at radius 1 is 1.38 bits per heavy atom. The van der Waals surface area contributed by atoms with Crippen LogP contribution in [0.15, 0.2) is 18.2 Å². The van der Waals surface area contributed by atoms with E-state index in [-0.39, 0.29) is 17.3 Å². The molecule has 7 heteroatoms. The van der Waals surface area contributed by atoms with Gasteiger partial charge in [0.1, 0.15) is 23.8 Å². The number of hydrogen-bond acceptors (Lipinski definition) is 5. The third-order valence-electron chi connectivity index (χ3n) is 3.25. The predicted octanol–water partition coefficient (Wildman–Crippen LogP) is 0.862. The number of hydrogen-bond donors (Lipinski definition) is 2. The first-order chi connectivity index (χ1) is 9.89. The second-order valence-corrected chi connectivity index (χ2v) is 7.43. The van der Waals surface area contributed by atoms with Crippen LogP contribution in [0.1, 0.15) is 18.9 Å². The average molecular weight is 317 g/mol. The van der Waals surface area contributed by atoms with E-state index in [2.05, 4.69) is 5.32 Å². The lowest BCUT2D eigenvalue weighted by molar-refractivity contribution is 0.0735. The maximum absolute atomic E-state index is 13.6. The van der Waals surface area contributed by atoms with E-state index in [4.69, 9.17) is 4.74 Å². The Labute approximate surface area is 124 Å². The summed E-state index contributed by atoms with van der Waals surface area (Å²) in [6.45, 7) is 3.37. The van der Waals surface area contributed by atoms with E-state index < -0.39 is 27.9 Å². The highest BCUT2D eigenvalue weighted by Crippen LogP contribution is 2.22. The van der Waals surface area contributed by atoms with Gasteiger partial charge in [-0.05, 0) is 30.7 Å². The van der Waals surface area contributed by atoms with Gasteiger partial charge in [-0.15, -0.1) is 0 Å². The highest BCUT2D eigenvalue weighted by molar-refractivity contribution is 7.91. The Bertz CT molecular complexity index is 591. The summed E-state index contributed by atoms with van der Waals surface area (Å²) >= 11 is 0. The third kappa shape index (κ3) is 4.66. The molecular formula is C14H20FNO4S. The van der Waals surface area contributed by atoms with E-state index in [0.717, 1.165) is 13.0 Å². The molecule has 0 amide bonds. The SMILES string of the molecule is CCCNCc1cc(F)cc(OC2CS(=O)(=O)CC2O)c1. The fourth-order valence-electron chi connectivity index (χ4n) is 2.28. The Hall–Kier alpha value is -1.18. The second-order valence-electron chi connectivity index (χ2n) is 5.27. The van der Waals surface area contributed by atoms with Crippen LogP contribution in [0.3, 0.4) is 0 Å². The number of sulfone groups is 1. The molecule has 118 valence electrons. The topological polar surface area (TPSA) is 75.6 Å². The number of rotatable bonds is 6. The molecule has 1 fully saturated rings. The molecule has 1 heterocycles. The summed E-state index contributed by atoms with van der Waals surface area (Å²) in [7, 11) is -3.28. The van der Waals surface area contributed by atoms with Crippen molar-refractivity contribution >= 4 is 9.84 Å². The van der Waals surface area contributed by atoms with Crippen LogP contribution in [-0.4, -0.2) is 43.8 Å². The van der Waals surface area contributed by atoms with Crippen molar-refractivity contribution in [2.75, 3.05) is 18.1 Å². The lowest BCUT2D eigenvalue weighted by Crippen LogP contribution is -2.29. The van der Waals surface area contributed by atoms with E-state index >= 15 is 0 Å². The van der Waals surface area contributed by atoms with E-state index in [1.807, 2.05) is 6.92 Å². The first-order valence-electron chi connectivity index (χ1n) is 6.95. The summed E-state index contributed by atoms with van der Waals surface area (Å²) in [5.41, 5.74) is 0.716. The zero-order valence-electron chi connectivity index (χ0n) is 11.9. The molecule has 1 aliphatic rings. The van der Waals surface area contributed by atoms with Gasteiger partial charge in [0, 0.05) is 12.6 Å². The summed E-state index contributed by atoms with van der Waals surface area (Å²) in [4.78, 5) is 0. The Kier molecular flexibility index (Phi) is 5.18. The molecular weight excluding hydrogens is 297 g/mol. The Morgan fingerprint density at radius 3 is 2.76 bits per heavy atom. The number of halogens is 1. The lowest BCUT2D eigenvalue weighted by atomic mass is 10.2. The summed E-state index contributed by atoms with van der Waals surface area (Å²) < 4.78 is 41.9. The van der Waals surface area contributed by atoms with Crippen molar-refractivity contribution in [3.8, 4) is 5.75 Å². The van der Waals surface area contributed by atoms with Gasteiger partial charge in [-0.1, -0.05) is 6.92 Å². The van der Waals surface area contributed by atoms with Gasteiger partial charge in [0.05, 0.1) is 11.5 Å². The van der Waals surface area contributed by atoms with Gasteiger partial charge in [-0.3, -0.25) is 0 Å². The maximum Gasteiger partial charge on any atom is 0.156 e. The van der Waals surface area contributed by atoms with Crippen molar-refractivity contribution in [2.24, 2.45) is 0 Å². The van der Waals surface area contributed by atoms with Crippen LogP contribution in [0.25, 0.3) is 0 Å². The average Bonchev–Trinajstić information content (AvgIpc) is 2.62. The van der Waals surface area contributed by atoms with Crippen molar-refractivity contribution in [2.45, 2.75) is 32.1 Å². The van der Waals surface area contributed by atoms with Crippen molar-refractivity contribution < 1.29 is 22.7 Å². The standard InChI is InChI=1S/C14H20FNO4S/c1-2-3-16-7-10-4-11(15)6-12(5-10)20-14-9-21(18,19)8-13(14)17/h4-6,13-14,16-17H,2-3,7-9H2,1H3. The second kappa shape index (κ2) is 6.72. The molecule has 0 saturated carbocycles. The largest absolute Gasteiger partial charge is 0.487 e. The number of benzene rings is 1. The number of aliphatic hydroxyl groups excluding tert-OH is 1. The van der Waals surface area contributed by atoms with Crippen LogP contribution in [-0.2, 0) is 16.4 Å². The highest BCUT2D eigenvalue weighted by Gasteiger charge is 2.38. The minimum absolute atomic E-state index is 0.240. The monoisotopic (exact) mass is 317 g/mol. The molecule has 0 spiro atoms. The third-order valence-corrected chi connectivity index (χ3v) is 4.93. The van der Waals surface area contributed by atoms with Crippen molar-refractivity contribution in [3.05, 3.63) is 29.6 Å². The Balaban J connectivity index is 2.06.